The zero-order valence-corrected chi connectivity index (χ0v) is 40.0. The summed E-state index contributed by atoms with van der Waals surface area (Å²) < 4.78 is 66.8. The normalized spacial score (nSPS) is 9.82. The molecule has 0 aliphatic carbocycles. The number of aromatic nitrogens is 2. The third-order valence-electron chi connectivity index (χ3n) is 5.24. The number of thiol groups is 1. The van der Waals surface area contributed by atoms with Crippen LogP contribution in [0, 0.1) is 0 Å². The zero-order valence-electron chi connectivity index (χ0n) is 38.2. The largest absolute Gasteiger partial charge is 0.510 e. The summed E-state index contributed by atoms with van der Waals surface area (Å²) in [5.74, 6) is -1.10. The number of alkyl carbamates (subject to hydrolysis) is 1. The quantitative estimate of drug-likeness (QED) is 0.0387. The van der Waals surface area contributed by atoms with Crippen molar-refractivity contribution in [1.82, 2.24) is 14.9 Å². The number of phosphoric acid groups is 1. The Bertz CT molecular complexity index is 1460. The van der Waals surface area contributed by atoms with Crippen molar-refractivity contribution in [1.29, 1.82) is 0 Å². The number of benzene rings is 1. The Morgan fingerprint density at radius 2 is 1.28 bits per heavy atom. The number of hydrogen-bond acceptors (Lipinski definition) is 17. The van der Waals surface area contributed by atoms with Crippen LogP contribution in [-0.2, 0) is 65.0 Å². The SMILES string of the molecule is CC.CC.CC.CCC(COP(=O)(OCOC(=O)OC(C)C)OCOC(=O)OC(C)C)OC.CF.CS.Cn1ccc(=O)[nH]c1=O.O=C(O)CNC(=O)OCc1ccccc1. The Morgan fingerprint density at radius 1 is 0.820 bits per heavy atom. The number of nitrogens with one attached hydrogen (secondary N) is 2. The molecule has 2 rings (SSSR count). The molecule has 0 fully saturated rings. The molecule has 1 atom stereocenters. The molecule has 0 bridgehead atoms. The number of phosphoric ester groups is 1. The lowest BCUT2D eigenvalue weighted by Gasteiger charge is -2.20. The minimum atomic E-state index is -4.23. The number of hydrogen-bond donors (Lipinski definition) is 4. The molecule has 23 heteroatoms. The summed E-state index contributed by atoms with van der Waals surface area (Å²) >= 11 is 3.53. The van der Waals surface area contributed by atoms with Gasteiger partial charge in [0.15, 0.2) is 0 Å². The van der Waals surface area contributed by atoms with Crippen LogP contribution in [0.4, 0.5) is 18.8 Å². The first-order valence-electron chi connectivity index (χ1n) is 19.0. The number of carbonyl (C=O) groups is 4. The van der Waals surface area contributed by atoms with Crippen LogP contribution in [0.15, 0.2) is 52.2 Å². The molecule has 358 valence electrons. The van der Waals surface area contributed by atoms with E-state index in [-0.39, 0.29) is 30.6 Å². The van der Waals surface area contributed by atoms with Crippen molar-refractivity contribution >= 4 is 44.8 Å². The number of methoxy groups -OCH3 is 1. The molecule has 1 heterocycles. The molecule has 0 radical (unpaired) electrons. The van der Waals surface area contributed by atoms with E-state index >= 15 is 0 Å². The van der Waals surface area contributed by atoms with E-state index in [0.29, 0.717) is 13.6 Å². The molecule has 1 aromatic carbocycles. The smallest absolute Gasteiger partial charge is 0.480 e. The monoisotopic (exact) mass is 923 g/mol. The second-order valence-corrected chi connectivity index (χ2v) is 11.8. The van der Waals surface area contributed by atoms with Crippen molar-refractivity contribution in [3.63, 3.8) is 0 Å². The summed E-state index contributed by atoms with van der Waals surface area (Å²) in [6.45, 7) is 18.4. The van der Waals surface area contributed by atoms with Crippen molar-refractivity contribution in [2.45, 2.75) is 108 Å². The van der Waals surface area contributed by atoms with E-state index in [4.69, 9.17) is 37.6 Å². The average molecular weight is 924 g/mol. The Hall–Kier alpha value is -4.47. The van der Waals surface area contributed by atoms with E-state index in [0.717, 1.165) is 5.56 Å². The highest BCUT2D eigenvalue weighted by atomic mass is 32.1. The molecule has 20 nitrogen and oxygen atoms in total. The summed E-state index contributed by atoms with van der Waals surface area (Å²) in [5, 5.41) is 10.4. The van der Waals surface area contributed by atoms with Gasteiger partial charge in [0.05, 0.1) is 32.1 Å². The molecule has 0 aliphatic rings. The Morgan fingerprint density at radius 3 is 1.64 bits per heavy atom. The Labute approximate surface area is 365 Å². The molecule has 3 N–H and O–H groups in total. The van der Waals surface area contributed by atoms with Crippen LogP contribution in [0.5, 0.6) is 0 Å². The highest BCUT2D eigenvalue weighted by Crippen LogP contribution is 2.49. The molecule has 0 saturated carbocycles. The van der Waals surface area contributed by atoms with E-state index in [2.05, 4.69) is 32.4 Å². The third kappa shape index (κ3) is 46.4. The van der Waals surface area contributed by atoms with Crippen molar-refractivity contribution < 1.29 is 75.2 Å². The first-order valence-corrected chi connectivity index (χ1v) is 21.3. The van der Waals surface area contributed by atoms with E-state index < -0.39 is 64.5 Å². The lowest BCUT2D eigenvalue weighted by molar-refractivity contribution is -0.135. The lowest BCUT2D eigenvalue weighted by atomic mass is 10.2. The van der Waals surface area contributed by atoms with Crippen LogP contribution in [-0.4, -0.2) is 105 Å². The van der Waals surface area contributed by atoms with Gasteiger partial charge in [-0.05, 0) is 45.9 Å². The van der Waals surface area contributed by atoms with Crippen LogP contribution in [0.25, 0.3) is 0 Å². The molecule has 2 aromatic rings. The van der Waals surface area contributed by atoms with Gasteiger partial charge in [-0.2, -0.15) is 12.6 Å². The van der Waals surface area contributed by atoms with Crippen LogP contribution in [0.1, 0.15) is 88.1 Å². The first kappa shape index (κ1) is 68.3. The molecular formula is C38H71FN3O17PS. The number of ether oxygens (including phenoxy) is 6. The van der Waals surface area contributed by atoms with Crippen LogP contribution < -0.4 is 16.6 Å². The summed E-state index contributed by atoms with van der Waals surface area (Å²) in [4.78, 5) is 66.6. The van der Waals surface area contributed by atoms with Crippen LogP contribution in [0.3, 0.4) is 0 Å². The predicted octanol–water partition coefficient (Wildman–Crippen LogP) is 7.89. The third-order valence-corrected chi connectivity index (χ3v) is 6.55. The maximum atomic E-state index is 12.6. The molecule has 0 saturated heterocycles. The number of carboxylic acid groups (broad SMARTS) is 1. The van der Waals surface area contributed by atoms with E-state index in [1.807, 2.05) is 78.8 Å². The van der Waals surface area contributed by atoms with Crippen molar-refractivity contribution in [2.75, 3.05) is 47.3 Å². The van der Waals surface area contributed by atoms with Crippen LogP contribution >= 0.6 is 20.5 Å². The van der Waals surface area contributed by atoms with Gasteiger partial charge in [-0.1, -0.05) is 78.8 Å². The lowest BCUT2D eigenvalue weighted by Crippen LogP contribution is -2.29. The Balaban J connectivity index is -0.000000185. The molecule has 0 aliphatic heterocycles. The van der Waals surface area contributed by atoms with Crippen LogP contribution in [0.2, 0.25) is 0 Å². The van der Waals surface area contributed by atoms with Gasteiger partial charge in [-0.25, -0.2) is 32.8 Å². The van der Waals surface area contributed by atoms with E-state index in [1.54, 1.807) is 41.0 Å². The second kappa shape index (κ2) is 48.2. The van der Waals surface area contributed by atoms with E-state index in [9.17, 15) is 37.7 Å². The number of rotatable bonds is 17. The number of halogens is 1. The number of alkyl halides is 1. The fourth-order valence-electron chi connectivity index (χ4n) is 2.77. The van der Waals surface area contributed by atoms with Gasteiger partial charge >= 0.3 is 37.9 Å². The van der Waals surface area contributed by atoms with Gasteiger partial charge < -0.3 is 43.4 Å². The highest BCUT2D eigenvalue weighted by molar-refractivity contribution is 7.79. The van der Waals surface area contributed by atoms with Crippen molar-refractivity contribution in [3.05, 3.63) is 69.0 Å². The number of carbonyl (C=O) groups excluding carboxylic acids is 3. The zero-order chi connectivity index (χ0) is 48.8. The van der Waals surface area contributed by atoms with Gasteiger partial charge in [0.1, 0.15) is 13.2 Å². The van der Waals surface area contributed by atoms with Crippen molar-refractivity contribution in [3.8, 4) is 0 Å². The number of H-pyrrole nitrogens is 1. The van der Waals surface area contributed by atoms with E-state index in [1.165, 1.54) is 23.9 Å². The summed E-state index contributed by atoms with van der Waals surface area (Å²) in [6.07, 6.45) is -0.251. The van der Waals surface area contributed by atoms with Gasteiger partial charge in [-0.3, -0.25) is 23.5 Å². The molecule has 1 amide bonds. The second-order valence-electron chi connectivity index (χ2n) is 10.2. The van der Waals surface area contributed by atoms with Gasteiger partial charge in [-0.15, -0.1) is 0 Å². The maximum absolute atomic E-state index is 12.6. The molecule has 61 heavy (non-hydrogen) atoms. The average Bonchev–Trinajstić information content (AvgIpc) is 3.25. The fourth-order valence-corrected chi connectivity index (χ4v) is 3.71. The standard InChI is InChI=1S/C15H29O11P.C10H11NO4.C5H6N2O2.3C2H6.CH3F.CH4S/c1-7-13(19-6)8-22-27(18,23-9-20-14(16)25-11(2)3)24-10-21-15(17)26-12(4)5;12-9(13)6-11-10(14)15-7-8-4-2-1-3-5-8;1-7-3-2-4(8)6-5(7)9;5*1-2/h11-13H,7-10H2,1-6H3;1-5H,6-7H2,(H,11,14)(H,12,13);2-3H,1H3,(H,6,8,9);3*1-2H3;1H3;2H,1H3. The summed E-state index contributed by atoms with van der Waals surface area (Å²) in [5.41, 5.74) is 0.101. The number of carboxylic acids is 1. The fraction of sp³-hybridized carbons (Fsp3) is 0.632. The number of nitrogens with zero attached hydrogens (tertiary/aromatic N) is 1. The Kier molecular flexibility index (Phi) is 53.9. The minimum Gasteiger partial charge on any atom is -0.480 e. The molecular weight excluding hydrogens is 852 g/mol. The summed E-state index contributed by atoms with van der Waals surface area (Å²) in [6, 6.07) is 10.4. The minimum absolute atomic E-state index is 0.128. The molecule has 0 spiro atoms. The van der Waals surface area contributed by atoms with Gasteiger partial charge in [0, 0.05) is 26.4 Å². The number of aryl methyl sites for hydroxylation is 1. The predicted molar refractivity (Wildman–Crippen MR) is 233 cm³/mol. The van der Waals surface area contributed by atoms with Gasteiger partial charge in [0.25, 0.3) is 5.56 Å². The molecule has 1 aromatic heterocycles. The summed E-state index contributed by atoms with van der Waals surface area (Å²) in [7, 11) is -0.700. The number of aliphatic carboxylic acids is 1. The van der Waals surface area contributed by atoms with Gasteiger partial charge in [0.2, 0.25) is 13.6 Å². The number of aromatic amines is 1. The van der Waals surface area contributed by atoms with Crippen molar-refractivity contribution in [2.24, 2.45) is 7.05 Å². The topological polar surface area (TPSA) is 256 Å². The highest BCUT2D eigenvalue weighted by Gasteiger charge is 2.30. The first-order chi connectivity index (χ1) is 29.0. The number of amides is 1. The molecule has 1 unspecified atom stereocenters. The maximum Gasteiger partial charge on any atom is 0.510 e.